The molecule has 0 aliphatic heterocycles. The second kappa shape index (κ2) is 12.5. The molecule has 1 fully saturated rings. The lowest BCUT2D eigenvalue weighted by Crippen LogP contribution is -2.07. The first-order valence-corrected chi connectivity index (χ1v) is 12.3. The summed E-state index contributed by atoms with van der Waals surface area (Å²) in [4.78, 5) is 19.8. The molecule has 0 unspecified atom stereocenters. The van der Waals surface area contributed by atoms with Gasteiger partial charge in [0.1, 0.15) is 0 Å². The highest BCUT2D eigenvalue weighted by atomic mass is 32.2. The molecule has 31 heavy (non-hydrogen) atoms. The highest BCUT2D eigenvalue weighted by Crippen LogP contribution is 2.35. The first kappa shape index (κ1) is 23.3. The summed E-state index contributed by atoms with van der Waals surface area (Å²) in [6.45, 7) is 6.45. The minimum absolute atomic E-state index is 0.243. The molecule has 0 N–H and O–H groups in total. The van der Waals surface area contributed by atoms with E-state index in [9.17, 15) is 4.79 Å². The molecule has 4 heteroatoms. The quantitative estimate of drug-likeness (QED) is 0.139. The first-order chi connectivity index (χ1) is 15.2. The lowest BCUT2D eigenvalue weighted by Gasteiger charge is -2.10. The molecule has 3 nitrogen and oxygen atoms in total. The Morgan fingerprint density at radius 3 is 2.35 bits per heavy atom. The number of rotatable bonds is 13. The van der Waals surface area contributed by atoms with Crippen LogP contribution in [0.25, 0.3) is 5.57 Å². The maximum Gasteiger partial charge on any atom is 0.335 e. The molecule has 0 spiro atoms. The highest BCUT2D eigenvalue weighted by Gasteiger charge is 2.25. The van der Waals surface area contributed by atoms with Crippen molar-refractivity contribution in [1.29, 1.82) is 0 Å². The van der Waals surface area contributed by atoms with Gasteiger partial charge in [-0.2, -0.15) is 0 Å². The topological polar surface area (TPSA) is 38.7 Å². The van der Waals surface area contributed by atoms with Crippen molar-refractivity contribution in [2.75, 3.05) is 0 Å². The molecule has 0 aromatic heterocycles. The molecule has 1 saturated carbocycles. The van der Waals surface area contributed by atoms with Crippen molar-refractivity contribution >= 4 is 29.0 Å². The summed E-state index contributed by atoms with van der Waals surface area (Å²) in [7, 11) is 0. The molecule has 0 heterocycles. The predicted molar refractivity (Wildman–Crippen MR) is 130 cm³/mol. The van der Waals surface area contributed by atoms with Crippen LogP contribution in [0.1, 0.15) is 70.3 Å². The predicted octanol–water partition coefficient (Wildman–Crippen LogP) is 7.91. The Morgan fingerprint density at radius 2 is 1.68 bits per heavy atom. The largest absolute Gasteiger partial charge is 0.335 e. The van der Waals surface area contributed by atoms with E-state index in [0.29, 0.717) is 12.3 Å². The van der Waals surface area contributed by atoms with Crippen LogP contribution in [0.3, 0.4) is 0 Å². The van der Waals surface area contributed by atoms with Crippen LogP contribution in [0, 0.1) is 5.92 Å². The summed E-state index contributed by atoms with van der Waals surface area (Å²) in [5, 5.41) is 4.25. The average Bonchev–Trinajstić information content (AvgIpc) is 3.61. The van der Waals surface area contributed by atoms with E-state index >= 15 is 0 Å². The lowest BCUT2D eigenvalue weighted by atomic mass is 9.99. The summed E-state index contributed by atoms with van der Waals surface area (Å²) in [5.41, 5.74) is 2.66. The zero-order valence-corrected chi connectivity index (χ0v) is 19.3. The lowest BCUT2D eigenvalue weighted by molar-refractivity contribution is -0.143. The smallest absolute Gasteiger partial charge is 0.318 e. The van der Waals surface area contributed by atoms with Gasteiger partial charge >= 0.3 is 5.97 Å². The van der Waals surface area contributed by atoms with Crippen LogP contribution >= 0.6 is 11.8 Å². The minimum atomic E-state index is -0.243. The number of unbranched alkanes of at least 4 members (excludes halogenated alkanes) is 4. The molecule has 0 radical (unpaired) electrons. The highest BCUT2D eigenvalue weighted by molar-refractivity contribution is 7.99. The third-order valence-corrected chi connectivity index (χ3v) is 6.47. The van der Waals surface area contributed by atoms with Gasteiger partial charge in [0.2, 0.25) is 0 Å². The van der Waals surface area contributed by atoms with Gasteiger partial charge in [-0.05, 0) is 67.0 Å². The number of benzene rings is 2. The van der Waals surface area contributed by atoms with Gasteiger partial charge in [0.05, 0.1) is 5.71 Å². The normalized spacial score (nSPS) is 13.8. The van der Waals surface area contributed by atoms with E-state index in [-0.39, 0.29) is 5.97 Å². The third kappa shape index (κ3) is 8.37. The van der Waals surface area contributed by atoms with E-state index in [1.807, 2.05) is 18.2 Å². The monoisotopic (exact) mass is 435 g/mol. The van der Waals surface area contributed by atoms with Crippen LogP contribution in [0.4, 0.5) is 0 Å². The molecular formula is C27H33NO2S. The van der Waals surface area contributed by atoms with Gasteiger partial charge in [0.15, 0.2) is 0 Å². The van der Waals surface area contributed by atoms with Crippen molar-refractivity contribution in [2.45, 2.75) is 74.5 Å². The molecule has 0 bridgehead atoms. The Labute approximate surface area is 191 Å². The molecule has 0 amide bonds. The molecular weight excluding hydrogens is 402 g/mol. The molecule has 2 aromatic rings. The van der Waals surface area contributed by atoms with Crippen LogP contribution in [0.5, 0.6) is 0 Å². The average molecular weight is 436 g/mol. The van der Waals surface area contributed by atoms with E-state index in [1.54, 1.807) is 11.8 Å². The Kier molecular flexibility index (Phi) is 9.41. The van der Waals surface area contributed by atoms with Crippen molar-refractivity contribution in [2.24, 2.45) is 11.1 Å². The van der Waals surface area contributed by atoms with Gasteiger partial charge in [0, 0.05) is 16.2 Å². The summed E-state index contributed by atoms with van der Waals surface area (Å²) in [6, 6.07) is 18.7. The fourth-order valence-electron chi connectivity index (χ4n) is 3.35. The van der Waals surface area contributed by atoms with Crippen molar-refractivity contribution in [3.05, 3.63) is 66.7 Å². The van der Waals surface area contributed by atoms with E-state index < -0.39 is 0 Å². The first-order valence-electron chi connectivity index (χ1n) is 11.4. The van der Waals surface area contributed by atoms with Crippen molar-refractivity contribution in [3.8, 4) is 0 Å². The second-order valence-electron chi connectivity index (χ2n) is 8.23. The van der Waals surface area contributed by atoms with Gasteiger partial charge in [-0.25, -0.2) is 4.79 Å². The van der Waals surface area contributed by atoms with E-state index in [4.69, 9.17) is 4.84 Å². The van der Waals surface area contributed by atoms with E-state index in [2.05, 4.69) is 55.1 Å². The van der Waals surface area contributed by atoms with Crippen molar-refractivity contribution < 1.29 is 9.63 Å². The molecule has 1 aliphatic rings. The Hall–Kier alpha value is -2.33. The maximum atomic E-state index is 12.1. The van der Waals surface area contributed by atoms with Crippen LogP contribution in [-0.2, 0) is 9.63 Å². The Morgan fingerprint density at radius 1 is 1.00 bits per heavy atom. The van der Waals surface area contributed by atoms with Crippen LogP contribution in [0.2, 0.25) is 0 Å². The number of hydrogen-bond acceptors (Lipinski definition) is 4. The van der Waals surface area contributed by atoms with Crippen molar-refractivity contribution in [1.82, 2.24) is 0 Å². The number of oxime groups is 1. The molecule has 3 rings (SSSR count). The number of hydrogen-bond donors (Lipinski definition) is 0. The zero-order chi connectivity index (χ0) is 21.9. The van der Waals surface area contributed by atoms with Crippen LogP contribution < -0.4 is 0 Å². The molecule has 0 atom stereocenters. The summed E-state index contributed by atoms with van der Waals surface area (Å²) in [6.07, 6.45) is 9.22. The molecule has 164 valence electrons. The third-order valence-electron chi connectivity index (χ3n) is 5.45. The maximum absolute atomic E-state index is 12.1. The summed E-state index contributed by atoms with van der Waals surface area (Å²) >= 11 is 1.73. The van der Waals surface area contributed by atoms with Crippen LogP contribution in [0.15, 0.2) is 76.1 Å². The fraction of sp³-hybridized carbons (Fsp3) is 0.407. The minimum Gasteiger partial charge on any atom is -0.318 e. The number of nitrogens with zero attached hydrogens (tertiary/aromatic N) is 1. The zero-order valence-electron chi connectivity index (χ0n) is 18.5. The molecule has 2 aromatic carbocycles. The Balaban J connectivity index is 1.57. The van der Waals surface area contributed by atoms with E-state index in [0.717, 1.165) is 36.1 Å². The fourth-order valence-corrected chi connectivity index (χ4v) is 4.19. The molecule has 1 aliphatic carbocycles. The summed E-state index contributed by atoms with van der Waals surface area (Å²) in [5.74, 6) is 0.392. The van der Waals surface area contributed by atoms with Crippen molar-refractivity contribution in [3.63, 3.8) is 0 Å². The van der Waals surface area contributed by atoms with Gasteiger partial charge in [0.25, 0.3) is 0 Å². The Bertz CT molecular complexity index is 870. The van der Waals surface area contributed by atoms with E-state index in [1.165, 1.54) is 41.9 Å². The summed E-state index contributed by atoms with van der Waals surface area (Å²) < 4.78 is 0. The number of carbonyl (C=O) groups excluding carboxylic acids is 1. The van der Waals surface area contributed by atoms with Gasteiger partial charge in [-0.15, -0.1) is 0 Å². The molecule has 0 saturated heterocycles. The van der Waals surface area contributed by atoms with Crippen LogP contribution in [-0.4, -0.2) is 11.7 Å². The van der Waals surface area contributed by atoms with Gasteiger partial charge in [-0.3, -0.25) is 0 Å². The number of allylic oxidation sites excluding steroid dienone is 1. The standard InChI is InChI=1S/C27H33NO2S/c1-3-4-5-6-10-13-27(29)30-28-26(20-22-14-15-22)21(2)23-16-18-25(19-17-23)31-24-11-8-7-9-12-24/h7-9,11-12,16-19,22H,2-6,10,13-15,20H2,1H3. The number of carbonyl (C=O) groups is 1. The van der Waals surface area contributed by atoms with Gasteiger partial charge in [-0.1, -0.05) is 86.4 Å². The SMILES string of the molecule is C=C(C(CC1CC1)=NOC(=O)CCCCCCC)c1ccc(Sc2ccccc2)cc1. The second-order valence-corrected chi connectivity index (χ2v) is 9.38. The van der Waals surface area contributed by atoms with Gasteiger partial charge < -0.3 is 4.84 Å².